The van der Waals surface area contributed by atoms with E-state index in [1.165, 1.54) is 0 Å². The fourth-order valence-electron chi connectivity index (χ4n) is 1.64. The molecule has 2 rings (SSSR count). The maximum Gasteiger partial charge on any atom is 0.256 e. The molecule has 0 saturated heterocycles. The summed E-state index contributed by atoms with van der Waals surface area (Å²) in [7, 11) is 0. The molecule has 18 heavy (non-hydrogen) atoms. The van der Waals surface area contributed by atoms with E-state index >= 15 is 0 Å². The van der Waals surface area contributed by atoms with Gasteiger partial charge in [0.15, 0.2) is 5.82 Å². The van der Waals surface area contributed by atoms with E-state index in [2.05, 4.69) is 38.4 Å². The molecule has 4 nitrogen and oxygen atoms in total. The average Bonchev–Trinajstić information content (AvgIpc) is 2.77. The predicted octanol–water partition coefficient (Wildman–Crippen LogP) is 3.38. The molecular formula is C13H14BrN3O. The van der Waals surface area contributed by atoms with Crippen molar-refractivity contribution < 1.29 is 4.79 Å². The summed E-state index contributed by atoms with van der Waals surface area (Å²) < 4.78 is 0.879. The molecule has 94 valence electrons. The van der Waals surface area contributed by atoms with Crippen molar-refractivity contribution >= 4 is 27.7 Å². The van der Waals surface area contributed by atoms with Crippen LogP contribution in [0.2, 0.25) is 0 Å². The molecule has 5 heteroatoms. The number of carbonyl (C=O) groups excluding carboxylic acids is 1. The third-order valence-electron chi connectivity index (χ3n) is 2.48. The van der Waals surface area contributed by atoms with Crippen LogP contribution in [0, 0.1) is 0 Å². The smallest absolute Gasteiger partial charge is 0.256 e. The minimum Gasteiger partial charge on any atom is -0.305 e. The molecule has 0 fully saturated rings. The number of amides is 1. The third-order valence-corrected chi connectivity index (χ3v) is 2.97. The van der Waals surface area contributed by atoms with E-state index in [1.807, 2.05) is 18.2 Å². The third kappa shape index (κ3) is 3.20. The van der Waals surface area contributed by atoms with Crippen LogP contribution < -0.4 is 5.32 Å². The molecule has 1 aromatic heterocycles. The van der Waals surface area contributed by atoms with E-state index in [-0.39, 0.29) is 5.91 Å². The van der Waals surface area contributed by atoms with Gasteiger partial charge in [0.25, 0.3) is 5.91 Å². The first kappa shape index (κ1) is 12.8. The van der Waals surface area contributed by atoms with E-state index in [4.69, 9.17) is 0 Å². The van der Waals surface area contributed by atoms with Crippen LogP contribution >= 0.6 is 15.9 Å². The van der Waals surface area contributed by atoms with Gasteiger partial charge in [-0.05, 0) is 24.6 Å². The van der Waals surface area contributed by atoms with Gasteiger partial charge in [0.2, 0.25) is 0 Å². The minimum absolute atomic E-state index is 0.161. The number of anilines is 1. The Kier molecular flexibility index (Phi) is 4.15. The highest BCUT2D eigenvalue weighted by Crippen LogP contribution is 2.14. The summed E-state index contributed by atoms with van der Waals surface area (Å²) in [4.78, 5) is 11.9. The van der Waals surface area contributed by atoms with Crippen molar-refractivity contribution in [2.24, 2.45) is 0 Å². The fraction of sp³-hybridized carbons (Fsp3) is 0.231. The molecule has 0 spiro atoms. The molecule has 0 aliphatic heterocycles. The number of nitrogens with zero attached hydrogens (tertiary/aromatic N) is 1. The summed E-state index contributed by atoms with van der Waals surface area (Å²) in [6.45, 7) is 2.10. The van der Waals surface area contributed by atoms with Gasteiger partial charge in [-0.25, -0.2) is 0 Å². The molecule has 2 N–H and O–H groups in total. The summed E-state index contributed by atoms with van der Waals surface area (Å²) in [5, 5.41) is 9.72. The average molecular weight is 308 g/mol. The van der Waals surface area contributed by atoms with Crippen LogP contribution in [0.15, 0.2) is 34.8 Å². The lowest BCUT2D eigenvalue weighted by atomic mass is 10.2. The maximum atomic E-state index is 11.9. The molecule has 0 aliphatic carbocycles. The molecule has 2 aromatic rings. The highest BCUT2D eigenvalue weighted by atomic mass is 79.9. The first-order valence-corrected chi connectivity index (χ1v) is 6.59. The van der Waals surface area contributed by atoms with Gasteiger partial charge in [-0.15, -0.1) is 0 Å². The SMILES string of the molecule is CCCc1cc(NC(=O)c2cccc(Br)c2)n[nH]1. The van der Waals surface area contributed by atoms with Crippen LogP contribution in [0.3, 0.4) is 0 Å². The molecular weight excluding hydrogens is 294 g/mol. The molecule has 0 unspecified atom stereocenters. The van der Waals surface area contributed by atoms with Gasteiger partial charge in [-0.3, -0.25) is 9.89 Å². The van der Waals surface area contributed by atoms with Crippen LogP contribution in [0.25, 0.3) is 0 Å². The quantitative estimate of drug-likeness (QED) is 0.909. The van der Waals surface area contributed by atoms with Gasteiger partial charge in [0, 0.05) is 21.8 Å². The normalized spacial score (nSPS) is 10.3. The van der Waals surface area contributed by atoms with E-state index in [0.717, 1.165) is 23.0 Å². The second-order valence-electron chi connectivity index (χ2n) is 3.99. The standard InChI is InChI=1S/C13H14BrN3O/c1-2-4-11-8-12(17-16-11)15-13(18)9-5-3-6-10(14)7-9/h3,5-8H,2,4H2,1H3,(H2,15,16,17,18). The number of halogens is 1. The van der Waals surface area contributed by atoms with Crippen molar-refractivity contribution in [2.45, 2.75) is 19.8 Å². The number of aromatic amines is 1. The highest BCUT2D eigenvalue weighted by molar-refractivity contribution is 9.10. The lowest BCUT2D eigenvalue weighted by Crippen LogP contribution is -2.11. The zero-order valence-corrected chi connectivity index (χ0v) is 11.6. The molecule has 0 radical (unpaired) electrons. The zero-order valence-electron chi connectivity index (χ0n) is 10.0. The van der Waals surface area contributed by atoms with Crippen LogP contribution in [-0.2, 0) is 6.42 Å². The molecule has 1 heterocycles. The second kappa shape index (κ2) is 5.82. The number of benzene rings is 1. The second-order valence-corrected chi connectivity index (χ2v) is 4.91. The van der Waals surface area contributed by atoms with Gasteiger partial charge in [-0.2, -0.15) is 5.10 Å². The number of aromatic nitrogens is 2. The summed E-state index contributed by atoms with van der Waals surface area (Å²) >= 11 is 3.34. The van der Waals surface area contributed by atoms with Crippen molar-refractivity contribution in [3.63, 3.8) is 0 Å². The van der Waals surface area contributed by atoms with Gasteiger partial charge >= 0.3 is 0 Å². The first-order valence-electron chi connectivity index (χ1n) is 5.80. The number of rotatable bonds is 4. The summed E-state index contributed by atoms with van der Waals surface area (Å²) in [5.74, 6) is 0.397. The molecule has 0 atom stereocenters. The lowest BCUT2D eigenvalue weighted by molar-refractivity contribution is 0.102. The Morgan fingerprint density at radius 2 is 2.28 bits per heavy atom. The fourth-order valence-corrected chi connectivity index (χ4v) is 2.04. The predicted molar refractivity (Wildman–Crippen MR) is 74.7 cm³/mol. The largest absolute Gasteiger partial charge is 0.305 e. The minimum atomic E-state index is -0.161. The number of H-pyrrole nitrogens is 1. The summed E-state index contributed by atoms with van der Waals surface area (Å²) in [6, 6.07) is 9.10. The van der Waals surface area contributed by atoms with E-state index in [9.17, 15) is 4.79 Å². The van der Waals surface area contributed by atoms with Crippen molar-refractivity contribution in [3.8, 4) is 0 Å². The van der Waals surface area contributed by atoms with E-state index in [1.54, 1.807) is 12.1 Å². The van der Waals surface area contributed by atoms with Gasteiger partial charge in [0.1, 0.15) is 0 Å². The number of hydrogen-bond donors (Lipinski definition) is 2. The van der Waals surface area contributed by atoms with Crippen molar-refractivity contribution in [2.75, 3.05) is 5.32 Å². The molecule has 0 bridgehead atoms. The Balaban J connectivity index is 2.06. The summed E-state index contributed by atoms with van der Waals surface area (Å²) in [6.07, 6.45) is 1.97. The van der Waals surface area contributed by atoms with E-state index in [0.29, 0.717) is 11.4 Å². The molecule has 1 aromatic carbocycles. The van der Waals surface area contributed by atoms with Gasteiger partial charge in [0.05, 0.1) is 0 Å². The van der Waals surface area contributed by atoms with Gasteiger partial charge < -0.3 is 5.32 Å². The van der Waals surface area contributed by atoms with Crippen molar-refractivity contribution in [1.82, 2.24) is 10.2 Å². The topological polar surface area (TPSA) is 57.8 Å². The molecule has 0 saturated carbocycles. The van der Waals surface area contributed by atoms with Gasteiger partial charge in [-0.1, -0.05) is 35.3 Å². The van der Waals surface area contributed by atoms with Crippen LogP contribution in [0.5, 0.6) is 0 Å². The maximum absolute atomic E-state index is 11.9. The number of aryl methyl sites for hydroxylation is 1. The number of carbonyl (C=O) groups is 1. The molecule has 0 aliphatic rings. The van der Waals surface area contributed by atoms with Crippen LogP contribution in [-0.4, -0.2) is 16.1 Å². The monoisotopic (exact) mass is 307 g/mol. The van der Waals surface area contributed by atoms with E-state index < -0.39 is 0 Å². The zero-order chi connectivity index (χ0) is 13.0. The molecule has 1 amide bonds. The Hall–Kier alpha value is -1.62. The summed E-state index contributed by atoms with van der Waals surface area (Å²) in [5.41, 5.74) is 1.63. The Labute approximate surface area is 114 Å². The Bertz CT molecular complexity index is 551. The highest BCUT2D eigenvalue weighted by Gasteiger charge is 2.08. The van der Waals surface area contributed by atoms with Crippen LogP contribution in [0.1, 0.15) is 29.4 Å². The Morgan fingerprint density at radius 1 is 1.44 bits per heavy atom. The Morgan fingerprint density at radius 3 is 3.00 bits per heavy atom. The van der Waals surface area contributed by atoms with Crippen LogP contribution in [0.4, 0.5) is 5.82 Å². The number of hydrogen-bond acceptors (Lipinski definition) is 2. The lowest BCUT2D eigenvalue weighted by Gasteiger charge is -2.01. The number of nitrogens with one attached hydrogen (secondary N) is 2. The first-order chi connectivity index (χ1) is 8.69. The van der Waals surface area contributed by atoms with Crippen molar-refractivity contribution in [3.05, 3.63) is 46.1 Å². The van der Waals surface area contributed by atoms with Crippen molar-refractivity contribution in [1.29, 1.82) is 0 Å².